The first-order valence-corrected chi connectivity index (χ1v) is 7.90. The number of hydrogen-bond acceptors (Lipinski definition) is 4. The molecule has 7 heteroatoms. The molecule has 0 fully saturated rings. The number of nitrogens with one attached hydrogen (secondary N) is 2. The number of likely N-dealkylation sites (N-methyl/N-ethyl adjacent to an activating group) is 1. The Hall–Kier alpha value is -2.86. The number of carbonyl (C=O) groups is 2. The van der Waals surface area contributed by atoms with Crippen LogP contribution >= 0.6 is 11.6 Å². The second-order valence-electron chi connectivity index (χ2n) is 5.24. The zero-order chi connectivity index (χ0) is 18.2. The number of hydrazone groups is 1. The summed E-state index contributed by atoms with van der Waals surface area (Å²) >= 11 is 6.20. The van der Waals surface area contributed by atoms with Crippen LogP contribution in [0.4, 0.5) is 0 Å². The maximum Gasteiger partial charge on any atom is 0.329 e. The smallest absolute Gasteiger partial charge is 0.329 e. The van der Waals surface area contributed by atoms with E-state index in [0.29, 0.717) is 22.9 Å². The van der Waals surface area contributed by atoms with Gasteiger partial charge in [0, 0.05) is 7.05 Å². The van der Waals surface area contributed by atoms with Crippen LogP contribution in [0.1, 0.15) is 16.7 Å². The number of amides is 2. The molecule has 0 radical (unpaired) electrons. The van der Waals surface area contributed by atoms with Crippen molar-refractivity contribution in [3.63, 3.8) is 0 Å². The van der Waals surface area contributed by atoms with Crippen LogP contribution in [-0.4, -0.2) is 25.1 Å². The molecule has 0 spiro atoms. The maximum atomic E-state index is 11.2. The lowest BCUT2D eigenvalue weighted by Gasteiger charge is -2.09. The van der Waals surface area contributed by atoms with E-state index in [0.717, 1.165) is 5.56 Å². The number of carbonyl (C=O) groups excluding carboxylic acids is 2. The second-order valence-corrected chi connectivity index (χ2v) is 5.65. The van der Waals surface area contributed by atoms with Crippen LogP contribution < -0.4 is 15.5 Å². The number of aryl methyl sites for hydroxylation is 1. The molecule has 0 aromatic heterocycles. The molecule has 0 heterocycles. The fourth-order valence-electron chi connectivity index (χ4n) is 1.89. The molecule has 130 valence electrons. The largest absolute Gasteiger partial charge is 0.487 e. The van der Waals surface area contributed by atoms with Crippen molar-refractivity contribution < 1.29 is 14.3 Å². The molecule has 0 unspecified atom stereocenters. The lowest BCUT2D eigenvalue weighted by molar-refractivity contribution is -0.138. The van der Waals surface area contributed by atoms with E-state index in [1.54, 1.807) is 18.2 Å². The molecule has 2 aromatic rings. The average Bonchev–Trinajstić information content (AvgIpc) is 2.61. The molecule has 0 aliphatic carbocycles. The molecular formula is C18H18ClN3O3. The summed E-state index contributed by atoms with van der Waals surface area (Å²) in [7, 11) is 1.36. The van der Waals surface area contributed by atoms with Crippen LogP contribution in [0.3, 0.4) is 0 Å². The van der Waals surface area contributed by atoms with Crippen LogP contribution in [0.5, 0.6) is 5.75 Å². The Labute approximate surface area is 150 Å². The van der Waals surface area contributed by atoms with Crippen molar-refractivity contribution in [3.8, 4) is 5.75 Å². The van der Waals surface area contributed by atoms with Gasteiger partial charge in [0.05, 0.1) is 11.2 Å². The highest BCUT2D eigenvalue weighted by molar-refractivity contribution is 6.35. The van der Waals surface area contributed by atoms with Crippen LogP contribution in [0.15, 0.2) is 47.6 Å². The third kappa shape index (κ3) is 5.61. The Morgan fingerprint density at radius 3 is 2.52 bits per heavy atom. The number of benzene rings is 2. The third-order valence-electron chi connectivity index (χ3n) is 3.28. The Bertz CT molecular complexity index is 789. The van der Waals surface area contributed by atoms with Gasteiger partial charge in [-0.15, -0.1) is 0 Å². The molecule has 0 aliphatic rings. The highest BCUT2D eigenvalue weighted by Crippen LogP contribution is 2.25. The molecule has 0 saturated carbocycles. The maximum absolute atomic E-state index is 11.2. The van der Waals surface area contributed by atoms with Gasteiger partial charge < -0.3 is 10.1 Å². The van der Waals surface area contributed by atoms with Gasteiger partial charge >= 0.3 is 11.8 Å². The fourth-order valence-corrected chi connectivity index (χ4v) is 2.13. The molecule has 2 rings (SSSR count). The van der Waals surface area contributed by atoms with Crippen LogP contribution in [-0.2, 0) is 16.2 Å². The summed E-state index contributed by atoms with van der Waals surface area (Å²) in [5.74, 6) is -1.06. The molecule has 0 saturated heterocycles. The first-order chi connectivity index (χ1) is 12.0. The van der Waals surface area contributed by atoms with E-state index in [4.69, 9.17) is 16.3 Å². The summed E-state index contributed by atoms with van der Waals surface area (Å²) in [5, 5.41) is 6.32. The van der Waals surface area contributed by atoms with Gasteiger partial charge in [0.2, 0.25) is 0 Å². The van der Waals surface area contributed by atoms with Crippen molar-refractivity contribution in [2.45, 2.75) is 13.5 Å². The standard InChI is InChI=1S/C18H18ClN3O3/c1-12-3-5-13(6-4-12)11-25-16-8-7-14(9-15(16)19)10-21-22-18(24)17(23)20-2/h3-10H,11H2,1-2H3,(H,20,23)(H,22,24)/b21-10-. The molecule has 2 aromatic carbocycles. The van der Waals surface area contributed by atoms with Gasteiger partial charge in [-0.05, 0) is 36.2 Å². The lowest BCUT2D eigenvalue weighted by atomic mass is 10.2. The molecule has 25 heavy (non-hydrogen) atoms. The average molecular weight is 360 g/mol. The highest BCUT2D eigenvalue weighted by Gasteiger charge is 2.09. The molecule has 0 aliphatic heterocycles. The quantitative estimate of drug-likeness (QED) is 0.489. The van der Waals surface area contributed by atoms with Crippen LogP contribution in [0.25, 0.3) is 0 Å². The molecule has 6 nitrogen and oxygen atoms in total. The van der Waals surface area contributed by atoms with Crippen molar-refractivity contribution in [1.29, 1.82) is 0 Å². The monoisotopic (exact) mass is 359 g/mol. The molecular weight excluding hydrogens is 342 g/mol. The topological polar surface area (TPSA) is 79.8 Å². The summed E-state index contributed by atoms with van der Waals surface area (Å²) in [6.07, 6.45) is 1.39. The molecule has 0 bridgehead atoms. The minimum atomic E-state index is -0.845. The SMILES string of the molecule is CNC(=O)C(=O)N/N=C\c1ccc(OCc2ccc(C)cc2)c(Cl)c1. The van der Waals surface area contributed by atoms with E-state index >= 15 is 0 Å². The number of nitrogens with zero attached hydrogens (tertiary/aromatic N) is 1. The first-order valence-electron chi connectivity index (χ1n) is 7.52. The van der Waals surface area contributed by atoms with Gasteiger partial charge in [-0.3, -0.25) is 9.59 Å². The molecule has 0 atom stereocenters. The number of ether oxygens (including phenoxy) is 1. The van der Waals surface area contributed by atoms with Gasteiger partial charge in [0.1, 0.15) is 12.4 Å². The first kappa shape index (κ1) is 18.5. The predicted molar refractivity (Wildman–Crippen MR) is 96.8 cm³/mol. The van der Waals surface area contributed by atoms with Crippen LogP contribution in [0, 0.1) is 6.92 Å². The third-order valence-corrected chi connectivity index (χ3v) is 3.58. The minimum absolute atomic E-state index is 0.412. The van der Waals surface area contributed by atoms with E-state index in [9.17, 15) is 9.59 Å². The van der Waals surface area contributed by atoms with Crippen molar-refractivity contribution in [1.82, 2.24) is 10.7 Å². The lowest BCUT2D eigenvalue weighted by Crippen LogP contribution is -2.35. The summed E-state index contributed by atoms with van der Waals surface area (Å²) in [6, 6.07) is 13.2. The van der Waals surface area contributed by atoms with Gasteiger partial charge in [-0.1, -0.05) is 41.4 Å². The summed E-state index contributed by atoms with van der Waals surface area (Å²) in [4.78, 5) is 22.3. The Balaban J connectivity index is 1.94. The fraction of sp³-hybridized carbons (Fsp3) is 0.167. The zero-order valence-corrected chi connectivity index (χ0v) is 14.6. The minimum Gasteiger partial charge on any atom is -0.487 e. The molecule has 2 amide bonds. The van der Waals surface area contributed by atoms with Gasteiger partial charge in [0.15, 0.2) is 0 Å². The summed E-state index contributed by atoms with van der Waals surface area (Å²) < 4.78 is 5.71. The summed E-state index contributed by atoms with van der Waals surface area (Å²) in [6.45, 7) is 2.44. The number of rotatable bonds is 5. The normalized spacial score (nSPS) is 10.5. The number of halogens is 1. The zero-order valence-electron chi connectivity index (χ0n) is 13.9. The summed E-state index contributed by atoms with van der Waals surface area (Å²) in [5.41, 5.74) is 5.00. The van der Waals surface area contributed by atoms with Crippen molar-refractivity contribution in [3.05, 3.63) is 64.2 Å². The Kier molecular flexibility index (Phi) is 6.54. The van der Waals surface area contributed by atoms with Crippen molar-refractivity contribution in [2.75, 3.05) is 7.05 Å². The van der Waals surface area contributed by atoms with E-state index in [-0.39, 0.29) is 0 Å². The van der Waals surface area contributed by atoms with E-state index in [2.05, 4.69) is 15.8 Å². The van der Waals surface area contributed by atoms with Gasteiger partial charge in [-0.25, -0.2) is 5.43 Å². The second kappa shape index (κ2) is 8.84. The van der Waals surface area contributed by atoms with Crippen LogP contribution in [0.2, 0.25) is 5.02 Å². The van der Waals surface area contributed by atoms with Crippen molar-refractivity contribution in [2.24, 2.45) is 5.10 Å². The number of hydrogen-bond donors (Lipinski definition) is 2. The van der Waals surface area contributed by atoms with Gasteiger partial charge in [-0.2, -0.15) is 5.10 Å². The van der Waals surface area contributed by atoms with Gasteiger partial charge in [0.25, 0.3) is 0 Å². The highest BCUT2D eigenvalue weighted by atomic mass is 35.5. The molecule has 2 N–H and O–H groups in total. The van der Waals surface area contributed by atoms with E-state index in [1.165, 1.54) is 18.8 Å². The van der Waals surface area contributed by atoms with E-state index in [1.807, 2.05) is 31.2 Å². The van der Waals surface area contributed by atoms with E-state index < -0.39 is 11.8 Å². The predicted octanol–water partition coefficient (Wildman–Crippen LogP) is 2.42. The Morgan fingerprint density at radius 2 is 1.88 bits per heavy atom. The van der Waals surface area contributed by atoms with Crippen molar-refractivity contribution >= 4 is 29.6 Å². The Morgan fingerprint density at radius 1 is 1.16 bits per heavy atom.